The van der Waals surface area contributed by atoms with Gasteiger partial charge in [0, 0.05) is 31.9 Å². The van der Waals surface area contributed by atoms with Crippen molar-refractivity contribution < 1.29 is 9.53 Å². The maximum Gasteiger partial charge on any atom is 0.321 e. The molecule has 0 radical (unpaired) electrons. The van der Waals surface area contributed by atoms with Crippen molar-refractivity contribution in [2.75, 3.05) is 39.1 Å². The monoisotopic (exact) mass is 429 g/mol. The zero-order valence-corrected chi connectivity index (χ0v) is 20.3. The number of likely N-dealkylation sites (N-methyl/N-ethyl adjacent to an activating group) is 1. The summed E-state index contributed by atoms with van der Waals surface area (Å²) in [6, 6.07) is 8.42. The third kappa shape index (κ3) is 8.66. The number of ether oxygens (including phenoxy) is 1. The van der Waals surface area contributed by atoms with Crippen LogP contribution in [0.3, 0.4) is 0 Å². The van der Waals surface area contributed by atoms with Gasteiger partial charge in [-0.3, -0.25) is 0 Å². The number of nitrogens with one attached hydrogen (secondary N) is 1. The fraction of sp³-hybridized carbons (Fsp3) is 0.654. The van der Waals surface area contributed by atoms with Crippen LogP contribution in [0.25, 0.3) is 0 Å². The smallest absolute Gasteiger partial charge is 0.321 e. The molecule has 0 heterocycles. The van der Waals surface area contributed by atoms with Gasteiger partial charge in [0.05, 0.1) is 6.10 Å². The summed E-state index contributed by atoms with van der Waals surface area (Å²) >= 11 is 0. The average Bonchev–Trinajstić information content (AvgIpc) is 2.73. The Morgan fingerprint density at radius 2 is 1.77 bits per heavy atom. The molecule has 1 aliphatic rings. The molecule has 1 aromatic rings. The summed E-state index contributed by atoms with van der Waals surface area (Å²) in [7, 11) is 4.03. The quantitative estimate of drug-likeness (QED) is 0.385. The van der Waals surface area contributed by atoms with Crippen molar-refractivity contribution in [2.45, 2.75) is 76.9 Å². The van der Waals surface area contributed by atoms with E-state index in [-0.39, 0.29) is 17.5 Å². The topological polar surface area (TPSA) is 44.8 Å². The normalized spacial score (nSPS) is 19.3. The third-order valence-corrected chi connectivity index (χ3v) is 6.24. The van der Waals surface area contributed by atoms with Crippen molar-refractivity contribution in [3.63, 3.8) is 0 Å². The van der Waals surface area contributed by atoms with E-state index >= 15 is 0 Å². The number of benzene rings is 1. The molecule has 1 aromatic carbocycles. The van der Waals surface area contributed by atoms with E-state index in [4.69, 9.17) is 4.74 Å². The van der Waals surface area contributed by atoms with Gasteiger partial charge >= 0.3 is 6.03 Å². The van der Waals surface area contributed by atoms with Crippen LogP contribution in [0.15, 0.2) is 36.9 Å². The minimum Gasteiger partial charge on any atom is -0.378 e. The summed E-state index contributed by atoms with van der Waals surface area (Å²) in [5.41, 5.74) is 2.23. The lowest BCUT2D eigenvalue weighted by atomic mass is 9.87. The van der Waals surface area contributed by atoms with E-state index in [2.05, 4.69) is 56.7 Å². The lowest BCUT2D eigenvalue weighted by Crippen LogP contribution is -2.42. The third-order valence-electron chi connectivity index (χ3n) is 6.24. The number of nitrogens with zero attached hydrogens (tertiary/aromatic N) is 2. The van der Waals surface area contributed by atoms with Crippen molar-refractivity contribution in [1.29, 1.82) is 0 Å². The second kappa shape index (κ2) is 12.3. The molecule has 5 nitrogen and oxygen atoms in total. The Balaban J connectivity index is 1.67. The second-order valence-corrected chi connectivity index (χ2v) is 9.93. The van der Waals surface area contributed by atoms with Crippen molar-refractivity contribution in [1.82, 2.24) is 9.80 Å². The van der Waals surface area contributed by atoms with Gasteiger partial charge in [-0.25, -0.2) is 4.79 Å². The molecule has 2 rings (SSSR count). The van der Waals surface area contributed by atoms with Gasteiger partial charge in [0.25, 0.3) is 0 Å². The Labute approximate surface area is 189 Å². The Kier molecular flexibility index (Phi) is 10.0. The number of carbonyl (C=O) groups excluding carboxylic acids is 1. The van der Waals surface area contributed by atoms with Gasteiger partial charge in [-0.05, 0) is 75.2 Å². The van der Waals surface area contributed by atoms with Gasteiger partial charge in [-0.15, -0.1) is 6.58 Å². The number of rotatable bonds is 10. The van der Waals surface area contributed by atoms with Crippen LogP contribution in [0.4, 0.5) is 10.5 Å². The van der Waals surface area contributed by atoms with Crippen LogP contribution >= 0.6 is 0 Å². The molecule has 2 amide bonds. The SMILES string of the molecule is C=CCN(C)CCCCOC1CCC(N(C)C(=O)Nc2ccc(C(C)(C)C)cc2)CC1. The van der Waals surface area contributed by atoms with E-state index in [0.29, 0.717) is 6.10 Å². The zero-order valence-electron chi connectivity index (χ0n) is 20.3. The molecule has 1 saturated carbocycles. The predicted octanol–water partition coefficient (Wildman–Crippen LogP) is 5.67. The van der Waals surface area contributed by atoms with Crippen LogP contribution in [0, 0.1) is 0 Å². The average molecular weight is 430 g/mol. The van der Waals surface area contributed by atoms with Crippen LogP contribution in [0.2, 0.25) is 0 Å². The minimum absolute atomic E-state index is 0.0310. The molecular weight excluding hydrogens is 386 g/mol. The first-order chi connectivity index (χ1) is 14.7. The van der Waals surface area contributed by atoms with Crippen molar-refractivity contribution >= 4 is 11.7 Å². The molecule has 174 valence electrons. The minimum atomic E-state index is -0.0310. The predicted molar refractivity (Wildman–Crippen MR) is 131 cm³/mol. The van der Waals surface area contributed by atoms with Gasteiger partial charge < -0.3 is 19.9 Å². The van der Waals surface area contributed by atoms with Crippen LogP contribution in [0.1, 0.15) is 64.9 Å². The number of carbonyl (C=O) groups is 1. The van der Waals surface area contributed by atoms with E-state index < -0.39 is 0 Å². The fourth-order valence-corrected chi connectivity index (χ4v) is 4.08. The highest BCUT2D eigenvalue weighted by Gasteiger charge is 2.27. The second-order valence-electron chi connectivity index (χ2n) is 9.93. The van der Waals surface area contributed by atoms with E-state index in [1.807, 2.05) is 30.2 Å². The van der Waals surface area contributed by atoms with Gasteiger partial charge in [0.2, 0.25) is 0 Å². The molecule has 1 N–H and O–H groups in total. The van der Waals surface area contributed by atoms with Crippen molar-refractivity contribution in [3.05, 3.63) is 42.5 Å². The van der Waals surface area contributed by atoms with Crippen LogP contribution in [-0.2, 0) is 10.2 Å². The molecule has 0 spiro atoms. The maximum atomic E-state index is 12.7. The highest BCUT2D eigenvalue weighted by atomic mass is 16.5. The largest absolute Gasteiger partial charge is 0.378 e. The van der Waals surface area contributed by atoms with Crippen LogP contribution in [-0.4, -0.2) is 61.8 Å². The Hall–Kier alpha value is -1.85. The Bertz CT molecular complexity index is 673. The van der Waals surface area contributed by atoms with Gasteiger partial charge in [-0.1, -0.05) is 39.0 Å². The summed E-state index contributed by atoms with van der Waals surface area (Å²) in [6.07, 6.45) is 8.58. The summed E-state index contributed by atoms with van der Waals surface area (Å²) < 4.78 is 6.09. The van der Waals surface area contributed by atoms with Gasteiger partial charge in [-0.2, -0.15) is 0 Å². The summed E-state index contributed by atoms with van der Waals surface area (Å²) in [5, 5.41) is 3.04. The van der Waals surface area contributed by atoms with Crippen molar-refractivity contribution in [2.24, 2.45) is 0 Å². The van der Waals surface area contributed by atoms with E-state index in [9.17, 15) is 4.79 Å². The molecule has 0 aliphatic heterocycles. The van der Waals surface area contributed by atoms with Gasteiger partial charge in [0.15, 0.2) is 0 Å². The molecular formula is C26H43N3O2. The summed E-state index contributed by atoms with van der Waals surface area (Å²) in [4.78, 5) is 16.8. The van der Waals surface area contributed by atoms with Crippen LogP contribution < -0.4 is 5.32 Å². The first kappa shape index (κ1) is 25.4. The number of anilines is 1. The Morgan fingerprint density at radius 3 is 2.35 bits per heavy atom. The maximum absolute atomic E-state index is 12.7. The lowest BCUT2D eigenvalue weighted by molar-refractivity contribution is 0.0127. The fourth-order valence-electron chi connectivity index (χ4n) is 4.08. The first-order valence-electron chi connectivity index (χ1n) is 11.8. The summed E-state index contributed by atoms with van der Waals surface area (Å²) in [6.45, 7) is 13.2. The number of amides is 2. The summed E-state index contributed by atoms with van der Waals surface area (Å²) in [5.74, 6) is 0. The standard InChI is InChI=1S/C26H43N3O2/c1-7-18-28(5)19-8-9-20-31-24-16-14-23(15-17-24)29(6)25(30)27-22-12-10-21(11-13-22)26(2,3)4/h7,10-13,23-24H,1,8-9,14-20H2,2-6H3,(H,27,30). The number of hydrogen-bond acceptors (Lipinski definition) is 3. The number of urea groups is 1. The molecule has 0 aromatic heterocycles. The first-order valence-corrected chi connectivity index (χ1v) is 11.8. The zero-order chi connectivity index (χ0) is 22.9. The van der Waals surface area contributed by atoms with Crippen molar-refractivity contribution in [3.8, 4) is 0 Å². The van der Waals surface area contributed by atoms with E-state index in [1.165, 1.54) is 5.56 Å². The highest BCUT2D eigenvalue weighted by molar-refractivity contribution is 5.89. The van der Waals surface area contributed by atoms with E-state index in [0.717, 1.165) is 63.9 Å². The molecule has 0 unspecified atom stereocenters. The molecule has 1 fully saturated rings. The number of hydrogen-bond donors (Lipinski definition) is 1. The lowest BCUT2D eigenvalue weighted by Gasteiger charge is -2.34. The Morgan fingerprint density at radius 1 is 1.13 bits per heavy atom. The number of unbranched alkanes of at least 4 members (excludes halogenated alkanes) is 1. The van der Waals surface area contributed by atoms with Crippen LogP contribution in [0.5, 0.6) is 0 Å². The molecule has 31 heavy (non-hydrogen) atoms. The molecule has 0 bridgehead atoms. The molecule has 1 aliphatic carbocycles. The molecule has 0 atom stereocenters. The highest BCUT2D eigenvalue weighted by Crippen LogP contribution is 2.26. The molecule has 0 saturated heterocycles. The molecule has 5 heteroatoms. The van der Waals surface area contributed by atoms with E-state index in [1.54, 1.807) is 0 Å². The van der Waals surface area contributed by atoms with Gasteiger partial charge in [0.1, 0.15) is 0 Å².